The fraction of sp³-hybridized carbons (Fsp3) is 0.625. The predicted octanol–water partition coefficient (Wildman–Crippen LogP) is 2.27. The smallest absolute Gasteiger partial charge is 0.119 e. The zero-order valence-corrected chi connectivity index (χ0v) is 11.8. The third-order valence-electron chi connectivity index (χ3n) is 4.24. The summed E-state index contributed by atoms with van der Waals surface area (Å²) in [7, 11) is 1.73. The number of nitrogens with zero attached hydrogens (tertiary/aromatic N) is 1. The standard InChI is InChI=1S/C16H24N2O/c1-19-15-5-2-4-13(10-15)11-18-9-3-8-17-16(12-18)14-6-7-14/h2,4-5,10,14,16-17H,3,6-9,11-12H2,1H3. The van der Waals surface area contributed by atoms with Gasteiger partial charge in [-0.05, 0) is 56.0 Å². The number of methoxy groups -OCH3 is 1. The van der Waals surface area contributed by atoms with Gasteiger partial charge < -0.3 is 10.1 Å². The van der Waals surface area contributed by atoms with Gasteiger partial charge in [-0.25, -0.2) is 0 Å². The van der Waals surface area contributed by atoms with Crippen LogP contribution in [0.4, 0.5) is 0 Å². The molecule has 1 saturated carbocycles. The molecule has 0 bridgehead atoms. The summed E-state index contributed by atoms with van der Waals surface area (Å²) in [6, 6.07) is 9.17. The Morgan fingerprint density at radius 1 is 1.37 bits per heavy atom. The SMILES string of the molecule is COc1cccc(CN2CCCNC(C3CC3)C2)c1. The molecule has 3 heteroatoms. The Bertz CT molecular complexity index is 417. The quantitative estimate of drug-likeness (QED) is 0.899. The van der Waals surface area contributed by atoms with E-state index >= 15 is 0 Å². The minimum atomic E-state index is 0.716. The third-order valence-corrected chi connectivity index (χ3v) is 4.24. The Balaban J connectivity index is 1.63. The van der Waals surface area contributed by atoms with Crippen LogP contribution in [-0.4, -0.2) is 37.7 Å². The summed E-state index contributed by atoms with van der Waals surface area (Å²) in [4.78, 5) is 2.60. The first-order valence-electron chi connectivity index (χ1n) is 7.44. The lowest BCUT2D eigenvalue weighted by Crippen LogP contribution is -2.38. The van der Waals surface area contributed by atoms with Gasteiger partial charge in [-0.15, -0.1) is 0 Å². The zero-order valence-electron chi connectivity index (χ0n) is 11.8. The van der Waals surface area contributed by atoms with E-state index < -0.39 is 0 Å². The van der Waals surface area contributed by atoms with E-state index in [2.05, 4.69) is 28.4 Å². The molecule has 1 heterocycles. The van der Waals surface area contributed by atoms with Crippen molar-refractivity contribution in [3.8, 4) is 5.75 Å². The van der Waals surface area contributed by atoms with Gasteiger partial charge in [0, 0.05) is 19.1 Å². The minimum absolute atomic E-state index is 0.716. The van der Waals surface area contributed by atoms with E-state index in [-0.39, 0.29) is 0 Å². The molecule has 0 aromatic heterocycles. The van der Waals surface area contributed by atoms with Crippen LogP contribution >= 0.6 is 0 Å². The van der Waals surface area contributed by atoms with Crippen molar-refractivity contribution in [3.63, 3.8) is 0 Å². The van der Waals surface area contributed by atoms with Crippen molar-refractivity contribution in [1.82, 2.24) is 10.2 Å². The van der Waals surface area contributed by atoms with E-state index in [4.69, 9.17) is 4.74 Å². The van der Waals surface area contributed by atoms with Gasteiger partial charge >= 0.3 is 0 Å². The average Bonchev–Trinajstić information content (AvgIpc) is 3.25. The van der Waals surface area contributed by atoms with E-state index in [1.807, 2.05) is 6.07 Å². The lowest BCUT2D eigenvalue weighted by atomic mass is 10.1. The number of nitrogens with one attached hydrogen (secondary N) is 1. The van der Waals surface area contributed by atoms with Gasteiger partial charge in [0.2, 0.25) is 0 Å². The average molecular weight is 260 g/mol. The lowest BCUT2D eigenvalue weighted by molar-refractivity contribution is 0.250. The molecule has 2 fully saturated rings. The van der Waals surface area contributed by atoms with Crippen LogP contribution in [-0.2, 0) is 6.54 Å². The van der Waals surface area contributed by atoms with Crippen LogP contribution in [0.5, 0.6) is 5.75 Å². The number of ether oxygens (including phenoxy) is 1. The molecule has 1 aliphatic heterocycles. The molecule has 1 N–H and O–H groups in total. The molecule has 1 unspecified atom stereocenters. The number of hydrogen-bond acceptors (Lipinski definition) is 3. The molecular weight excluding hydrogens is 236 g/mol. The van der Waals surface area contributed by atoms with Crippen LogP contribution in [0, 0.1) is 5.92 Å². The van der Waals surface area contributed by atoms with Crippen LogP contribution in [0.1, 0.15) is 24.8 Å². The molecule has 1 saturated heterocycles. The highest BCUT2D eigenvalue weighted by molar-refractivity contribution is 5.28. The lowest BCUT2D eigenvalue weighted by Gasteiger charge is -2.24. The topological polar surface area (TPSA) is 24.5 Å². The summed E-state index contributed by atoms with van der Waals surface area (Å²) in [5.41, 5.74) is 1.36. The van der Waals surface area contributed by atoms with Crippen molar-refractivity contribution in [3.05, 3.63) is 29.8 Å². The second kappa shape index (κ2) is 5.93. The number of hydrogen-bond donors (Lipinski definition) is 1. The Kier molecular flexibility index (Phi) is 4.04. The zero-order chi connectivity index (χ0) is 13.1. The summed E-state index contributed by atoms with van der Waals surface area (Å²) in [5, 5.41) is 3.72. The van der Waals surface area contributed by atoms with E-state index in [9.17, 15) is 0 Å². The van der Waals surface area contributed by atoms with Gasteiger partial charge in [-0.3, -0.25) is 4.90 Å². The fourth-order valence-corrected chi connectivity index (χ4v) is 3.01. The molecule has 3 rings (SSSR count). The Morgan fingerprint density at radius 3 is 3.05 bits per heavy atom. The highest BCUT2D eigenvalue weighted by Gasteiger charge is 2.32. The number of benzene rings is 1. The monoisotopic (exact) mass is 260 g/mol. The summed E-state index contributed by atoms with van der Waals surface area (Å²) in [6.07, 6.45) is 4.10. The molecule has 1 aliphatic carbocycles. The van der Waals surface area contributed by atoms with Crippen molar-refractivity contribution in [1.29, 1.82) is 0 Å². The molecule has 2 aliphatic rings. The van der Waals surface area contributed by atoms with Gasteiger partial charge in [-0.2, -0.15) is 0 Å². The van der Waals surface area contributed by atoms with Crippen LogP contribution in [0.15, 0.2) is 24.3 Å². The third kappa shape index (κ3) is 3.48. The van der Waals surface area contributed by atoms with Crippen molar-refractivity contribution >= 4 is 0 Å². The van der Waals surface area contributed by atoms with Gasteiger partial charge in [-0.1, -0.05) is 12.1 Å². The van der Waals surface area contributed by atoms with Gasteiger partial charge in [0.15, 0.2) is 0 Å². The summed E-state index contributed by atoms with van der Waals surface area (Å²) in [6.45, 7) is 4.62. The molecule has 0 radical (unpaired) electrons. The van der Waals surface area contributed by atoms with E-state index in [0.29, 0.717) is 6.04 Å². The van der Waals surface area contributed by atoms with E-state index in [0.717, 1.165) is 18.2 Å². The Hall–Kier alpha value is -1.06. The second-order valence-electron chi connectivity index (χ2n) is 5.84. The highest BCUT2D eigenvalue weighted by atomic mass is 16.5. The first kappa shape index (κ1) is 12.9. The summed E-state index contributed by atoms with van der Waals surface area (Å²) >= 11 is 0. The maximum Gasteiger partial charge on any atom is 0.119 e. The van der Waals surface area contributed by atoms with Crippen LogP contribution in [0.3, 0.4) is 0 Å². The van der Waals surface area contributed by atoms with Crippen LogP contribution < -0.4 is 10.1 Å². The van der Waals surface area contributed by atoms with Crippen LogP contribution in [0.25, 0.3) is 0 Å². The van der Waals surface area contributed by atoms with Gasteiger partial charge in [0.25, 0.3) is 0 Å². The van der Waals surface area contributed by atoms with Crippen LogP contribution in [0.2, 0.25) is 0 Å². The highest BCUT2D eigenvalue weighted by Crippen LogP contribution is 2.33. The Morgan fingerprint density at radius 2 is 2.26 bits per heavy atom. The summed E-state index contributed by atoms with van der Waals surface area (Å²) < 4.78 is 5.31. The Labute approximate surface area is 115 Å². The largest absolute Gasteiger partial charge is 0.497 e. The molecular formula is C16H24N2O. The summed E-state index contributed by atoms with van der Waals surface area (Å²) in [5.74, 6) is 1.90. The van der Waals surface area contributed by atoms with Gasteiger partial charge in [0.05, 0.1) is 7.11 Å². The van der Waals surface area contributed by atoms with Crippen molar-refractivity contribution in [2.45, 2.75) is 31.8 Å². The van der Waals surface area contributed by atoms with E-state index in [1.165, 1.54) is 44.5 Å². The maximum absolute atomic E-state index is 5.31. The molecule has 104 valence electrons. The number of rotatable bonds is 4. The predicted molar refractivity (Wildman–Crippen MR) is 77.4 cm³/mol. The molecule has 1 aromatic rings. The maximum atomic E-state index is 5.31. The second-order valence-corrected chi connectivity index (χ2v) is 5.84. The molecule has 19 heavy (non-hydrogen) atoms. The van der Waals surface area contributed by atoms with Crippen molar-refractivity contribution in [2.75, 3.05) is 26.7 Å². The fourth-order valence-electron chi connectivity index (χ4n) is 3.01. The van der Waals surface area contributed by atoms with E-state index in [1.54, 1.807) is 7.11 Å². The molecule has 1 atom stereocenters. The minimum Gasteiger partial charge on any atom is -0.497 e. The normalized spacial score (nSPS) is 25.0. The first-order valence-corrected chi connectivity index (χ1v) is 7.44. The van der Waals surface area contributed by atoms with Crippen molar-refractivity contribution in [2.24, 2.45) is 5.92 Å². The molecule has 0 spiro atoms. The van der Waals surface area contributed by atoms with Gasteiger partial charge in [0.1, 0.15) is 5.75 Å². The molecule has 1 aromatic carbocycles. The van der Waals surface area contributed by atoms with Crippen molar-refractivity contribution < 1.29 is 4.74 Å². The molecule has 3 nitrogen and oxygen atoms in total. The molecule has 0 amide bonds. The first-order chi connectivity index (χ1) is 9.35.